The summed E-state index contributed by atoms with van der Waals surface area (Å²) < 4.78 is 11.7. The molecule has 0 spiro atoms. The molecule has 5 aromatic rings. The highest BCUT2D eigenvalue weighted by Crippen LogP contribution is 2.45. The standard InChI is InChI=1S/C46H53N7O7/c1-2-13-37(45(58)60-28-30-14-4-3-5-15-30)53-44(57)36(21-12-27-50-46(48)49)52-43(56)35(20-10-11-26-47)51-40(55)29-59-39-25-23-32-17-7-9-19-34(32)42(39)41-33-18-8-6-16-31(33)22-24-38(41)54/h2-9,14-19,22-25,35-37,54H,1,10-13,20-21,26-29,47H2,(H,51,55)(H,52,56)(H,53,57)(H4,48,49,50)/t35-,36-,37+/m1/s1. The number of amides is 3. The van der Waals surface area contributed by atoms with Crippen molar-refractivity contribution < 1.29 is 33.8 Å². The number of rotatable bonds is 22. The number of esters is 1. The van der Waals surface area contributed by atoms with Crippen LogP contribution in [-0.2, 0) is 30.5 Å². The summed E-state index contributed by atoms with van der Waals surface area (Å²) >= 11 is 0. The van der Waals surface area contributed by atoms with Crippen LogP contribution in [0.25, 0.3) is 32.7 Å². The van der Waals surface area contributed by atoms with Gasteiger partial charge in [-0.2, -0.15) is 0 Å². The SMILES string of the molecule is C=CC[C@H](NC(=O)[C@@H](CCCNC(=N)N)NC(=O)[C@@H](CCCCN)NC(=O)COc1ccc2ccccc2c1-c1c(O)ccc2ccccc12)C(=O)OCc1ccccc1. The number of nitrogens with two attached hydrogens (primary N) is 2. The molecule has 0 unspecified atom stereocenters. The Labute approximate surface area is 349 Å². The van der Waals surface area contributed by atoms with Crippen LogP contribution in [0.15, 0.2) is 116 Å². The lowest BCUT2D eigenvalue weighted by Crippen LogP contribution is -2.56. The highest BCUT2D eigenvalue weighted by molar-refractivity contribution is 6.09. The molecule has 14 nitrogen and oxygen atoms in total. The van der Waals surface area contributed by atoms with Gasteiger partial charge in [-0.3, -0.25) is 19.8 Å². The van der Waals surface area contributed by atoms with Gasteiger partial charge in [-0.25, -0.2) is 4.79 Å². The average molecular weight is 816 g/mol. The summed E-state index contributed by atoms with van der Waals surface area (Å²) in [7, 11) is 0. The van der Waals surface area contributed by atoms with Crippen molar-refractivity contribution in [3.05, 3.63) is 121 Å². The number of ether oxygens (including phenoxy) is 2. The quantitative estimate of drug-likeness (QED) is 0.0155. The minimum atomic E-state index is -1.14. The number of fused-ring (bicyclic) bond motifs is 2. The molecule has 3 atom stereocenters. The largest absolute Gasteiger partial charge is 0.507 e. The van der Waals surface area contributed by atoms with Crippen molar-refractivity contribution in [3.8, 4) is 22.6 Å². The maximum Gasteiger partial charge on any atom is 0.329 e. The van der Waals surface area contributed by atoms with Crippen LogP contribution >= 0.6 is 0 Å². The average Bonchev–Trinajstić information content (AvgIpc) is 3.25. The molecule has 0 saturated carbocycles. The number of hydrogen-bond donors (Lipinski definition) is 8. The van der Waals surface area contributed by atoms with Gasteiger partial charge in [0, 0.05) is 17.7 Å². The molecule has 10 N–H and O–H groups in total. The van der Waals surface area contributed by atoms with Crippen molar-refractivity contribution >= 4 is 51.2 Å². The van der Waals surface area contributed by atoms with E-state index in [4.69, 9.17) is 26.4 Å². The van der Waals surface area contributed by atoms with Crippen LogP contribution in [0.5, 0.6) is 11.5 Å². The molecule has 0 fully saturated rings. The van der Waals surface area contributed by atoms with Crippen LogP contribution in [0, 0.1) is 5.41 Å². The number of guanidine groups is 1. The van der Waals surface area contributed by atoms with Crippen molar-refractivity contribution in [2.75, 3.05) is 19.7 Å². The van der Waals surface area contributed by atoms with Gasteiger partial charge < -0.3 is 47.3 Å². The number of carbonyl (C=O) groups is 4. The molecule has 5 aromatic carbocycles. The van der Waals surface area contributed by atoms with Crippen LogP contribution in [0.4, 0.5) is 0 Å². The van der Waals surface area contributed by atoms with Crippen molar-refractivity contribution in [2.45, 2.75) is 63.3 Å². The van der Waals surface area contributed by atoms with E-state index in [1.54, 1.807) is 12.1 Å². The summed E-state index contributed by atoms with van der Waals surface area (Å²) in [4.78, 5) is 54.5. The van der Waals surface area contributed by atoms with E-state index in [1.165, 1.54) is 6.08 Å². The third-order valence-electron chi connectivity index (χ3n) is 9.85. The molecule has 0 aliphatic heterocycles. The molecule has 0 aliphatic carbocycles. The summed E-state index contributed by atoms with van der Waals surface area (Å²) in [6.45, 7) is 3.86. The number of phenols is 1. The predicted molar refractivity (Wildman–Crippen MR) is 233 cm³/mol. The highest BCUT2D eigenvalue weighted by Gasteiger charge is 2.30. The molecule has 60 heavy (non-hydrogen) atoms. The van der Waals surface area contributed by atoms with Crippen molar-refractivity contribution in [2.24, 2.45) is 11.5 Å². The second kappa shape index (κ2) is 22.3. The van der Waals surface area contributed by atoms with Gasteiger partial charge in [0.2, 0.25) is 11.8 Å². The molecule has 0 bridgehead atoms. The van der Waals surface area contributed by atoms with Crippen molar-refractivity contribution in [1.29, 1.82) is 5.41 Å². The summed E-state index contributed by atoms with van der Waals surface area (Å²) in [6, 6.07) is 28.2. The Morgan fingerprint density at radius 3 is 2.00 bits per heavy atom. The van der Waals surface area contributed by atoms with Gasteiger partial charge in [-0.1, -0.05) is 97.1 Å². The highest BCUT2D eigenvalue weighted by atomic mass is 16.5. The Bertz CT molecular complexity index is 2280. The fourth-order valence-electron chi connectivity index (χ4n) is 6.85. The zero-order valence-corrected chi connectivity index (χ0v) is 33.5. The molecule has 314 valence electrons. The van der Waals surface area contributed by atoms with E-state index in [0.29, 0.717) is 42.7 Å². The number of hydrogen-bond acceptors (Lipinski definition) is 9. The number of carbonyl (C=O) groups excluding carboxylic acids is 4. The van der Waals surface area contributed by atoms with Gasteiger partial charge >= 0.3 is 5.97 Å². The van der Waals surface area contributed by atoms with Crippen LogP contribution in [0.2, 0.25) is 0 Å². The Hall–Kier alpha value is -6.93. The number of phenolic OH excluding ortho intramolecular Hbond substituents is 1. The lowest BCUT2D eigenvalue weighted by molar-refractivity contribution is -0.149. The van der Waals surface area contributed by atoms with E-state index in [-0.39, 0.29) is 44.1 Å². The fourth-order valence-corrected chi connectivity index (χ4v) is 6.85. The summed E-state index contributed by atoms with van der Waals surface area (Å²) in [6.07, 6.45) is 3.28. The maximum atomic E-state index is 14.0. The fraction of sp³-hybridized carbons (Fsp3) is 0.283. The lowest BCUT2D eigenvalue weighted by atomic mass is 9.92. The zero-order chi connectivity index (χ0) is 42.9. The molecule has 0 saturated heterocycles. The molecular formula is C46H53N7O7. The first-order valence-corrected chi connectivity index (χ1v) is 19.9. The second-order valence-electron chi connectivity index (χ2n) is 14.3. The molecule has 5 rings (SSSR count). The van der Waals surface area contributed by atoms with Gasteiger partial charge in [-0.05, 0) is 84.3 Å². The third-order valence-corrected chi connectivity index (χ3v) is 9.85. The van der Waals surface area contributed by atoms with Crippen LogP contribution in [0.3, 0.4) is 0 Å². The molecule has 0 radical (unpaired) electrons. The van der Waals surface area contributed by atoms with Crippen molar-refractivity contribution in [3.63, 3.8) is 0 Å². The van der Waals surface area contributed by atoms with E-state index in [2.05, 4.69) is 27.8 Å². The number of nitrogens with one attached hydrogen (secondary N) is 5. The first kappa shape index (κ1) is 44.2. The maximum absolute atomic E-state index is 14.0. The van der Waals surface area contributed by atoms with E-state index in [9.17, 15) is 24.3 Å². The molecule has 3 amide bonds. The van der Waals surface area contributed by atoms with Crippen molar-refractivity contribution in [1.82, 2.24) is 21.3 Å². The minimum absolute atomic E-state index is 0.00176. The van der Waals surface area contributed by atoms with Gasteiger partial charge in [0.15, 0.2) is 12.6 Å². The molecule has 14 heteroatoms. The lowest BCUT2D eigenvalue weighted by Gasteiger charge is -2.25. The predicted octanol–water partition coefficient (Wildman–Crippen LogP) is 4.91. The van der Waals surface area contributed by atoms with E-state index >= 15 is 0 Å². The summed E-state index contributed by atoms with van der Waals surface area (Å²) in [5.74, 6) is -2.39. The Kier molecular flexibility index (Phi) is 16.4. The Morgan fingerprint density at radius 2 is 1.33 bits per heavy atom. The Morgan fingerprint density at radius 1 is 0.733 bits per heavy atom. The van der Waals surface area contributed by atoms with Gasteiger partial charge in [0.25, 0.3) is 5.91 Å². The summed E-state index contributed by atoms with van der Waals surface area (Å²) in [5, 5.41) is 33.1. The molecule has 0 aromatic heterocycles. The molecule has 0 heterocycles. The van der Waals surface area contributed by atoms with Crippen LogP contribution in [-0.4, -0.2) is 72.6 Å². The van der Waals surface area contributed by atoms with Gasteiger partial charge in [0.05, 0.1) is 0 Å². The van der Waals surface area contributed by atoms with E-state index in [0.717, 1.165) is 27.1 Å². The van der Waals surface area contributed by atoms with Gasteiger partial charge in [-0.15, -0.1) is 6.58 Å². The number of aromatic hydroxyl groups is 1. The minimum Gasteiger partial charge on any atom is -0.507 e. The normalized spacial score (nSPS) is 12.4. The van der Waals surface area contributed by atoms with E-state index in [1.807, 2.05) is 91.0 Å². The van der Waals surface area contributed by atoms with Gasteiger partial charge in [0.1, 0.15) is 36.2 Å². The first-order valence-electron chi connectivity index (χ1n) is 19.9. The smallest absolute Gasteiger partial charge is 0.329 e. The zero-order valence-electron chi connectivity index (χ0n) is 33.5. The van der Waals surface area contributed by atoms with Crippen LogP contribution in [0.1, 0.15) is 44.1 Å². The monoisotopic (exact) mass is 815 g/mol. The second-order valence-corrected chi connectivity index (χ2v) is 14.3. The summed E-state index contributed by atoms with van der Waals surface area (Å²) in [5.41, 5.74) is 13.1. The first-order chi connectivity index (χ1) is 29.1. The molecular weight excluding hydrogens is 763 g/mol. The third kappa shape index (κ3) is 12.3. The topological polar surface area (TPSA) is 231 Å². The Balaban J connectivity index is 1.33. The number of unbranched alkanes of at least 4 members (excludes halogenated alkanes) is 1. The van der Waals surface area contributed by atoms with Crippen LogP contribution < -0.4 is 37.5 Å². The van der Waals surface area contributed by atoms with E-state index < -0.39 is 48.4 Å². The number of benzene rings is 5. The molecule has 0 aliphatic rings.